The van der Waals surface area contributed by atoms with Gasteiger partial charge >= 0.3 is 17.9 Å². The van der Waals surface area contributed by atoms with Crippen molar-refractivity contribution < 1.29 is 33.4 Å². The Morgan fingerprint density at radius 2 is 1.63 bits per heavy atom. The van der Waals surface area contributed by atoms with Crippen molar-refractivity contribution >= 4 is 23.7 Å². The number of hydrogen-bond acceptors (Lipinski definition) is 8. The Balaban J connectivity index is 3.80. The van der Waals surface area contributed by atoms with Gasteiger partial charge < -0.3 is 24.7 Å². The number of carbonyl (C=O) groups excluding carboxylic acids is 4. The van der Waals surface area contributed by atoms with E-state index in [-0.39, 0.29) is 25.2 Å². The summed E-state index contributed by atoms with van der Waals surface area (Å²) < 4.78 is 13.5. The molecular weight excluding hydrogens is 258 g/mol. The average Bonchev–Trinajstić information content (AvgIpc) is 2.32. The second-order valence-electron chi connectivity index (χ2n) is 3.71. The minimum atomic E-state index is -1.17. The maximum atomic E-state index is 11.2. The molecule has 0 rings (SSSR count). The molecule has 0 aliphatic rings. The van der Waals surface area contributed by atoms with Gasteiger partial charge in [-0.15, -0.1) is 0 Å². The molecule has 108 valence electrons. The molecular formula is C11H17NO7. The summed E-state index contributed by atoms with van der Waals surface area (Å²) in [4.78, 5) is 43.4. The first-order valence-electron chi connectivity index (χ1n) is 5.53. The molecule has 19 heavy (non-hydrogen) atoms. The zero-order valence-electron chi connectivity index (χ0n) is 10.8. The third kappa shape index (κ3) is 9.72. The highest BCUT2D eigenvalue weighted by Gasteiger charge is 2.17. The molecule has 0 aromatic rings. The van der Waals surface area contributed by atoms with Crippen LogP contribution >= 0.6 is 0 Å². The van der Waals surface area contributed by atoms with Gasteiger partial charge in [-0.05, 0) is 6.92 Å². The zero-order chi connectivity index (χ0) is 14.8. The van der Waals surface area contributed by atoms with E-state index in [9.17, 15) is 19.2 Å². The average molecular weight is 275 g/mol. The summed E-state index contributed by atoms with van der Waals surface area (Å²) in [6.45, 7) is 1.60. The summed E-state index contributed by atoms with van der Waals surface area (Å²) in [6, 6.07) is -1.17. The molecule has 0 saturated carbocycles. The van der Waals surface area contributed by atoms with Gasteiger partial charge in [-0.25, -0.2) is 0 Å². The highest BCUT2D eigenvalue weighted by atomic mass is 16.7. The predicted octanol–water partition coefficient (Wildman–Crippen LogP) is -0.710. The topological polar surface area (TPSA) is 122 Å². The van der Waals surface area contributed by atoms with Crippen LogP contribution in [0.15, 0.2) is 0 Å². The second-order valence-corrected chi connectivity index (χ2v) is 3.71. The number of hydrogen-bond donors (Lipinski definition) is 1. The number of ketones is 1. The van der Waals surface area contributed by atoms with Crippen molar-refractivity contribution in [2.24, 2.45) is 5.73 Å². The van der Waals surface area contributed by atoms with Gasteiger partial charge in [-0.2, -0.15) is 0 Å². The van der Waals surface area contributed by atoms with Crippen molar-refractivity contribution in [3.8, 4) is 0 Å². The Kier molecular flexibility index (Phi) is 8.10. The van der Waals surface area contributed by atoms with E-state index in [4.69, 9.17) is 5.73 Å². The molecule has 0 aromatic carbocycles. The molecule has 0 spiro atoms. The normalized spacial score (nSPS) is 11.3. The van der Waals surface area contributed by atoms with Crippen LogP contribution in [-0.4, -0.2) is 43.1 Å². The summed E-state index contributed by atoms with van der Waals surface area (Å²) in [6.07, 6.45) is 0.00944. The molecule has 0 heterocycles. The Morgan fingerprint density at radius 3 is 2.16 bits per heavy atom. The minimum Gasteiger partial charge on any atom is -0.463 e. The smallest absolute Gasteiger partial charge is 0.329 e. The molecule has 0 amide bonds. The lowest BCUT2D eigenvalue weighted by Gasteiger charge is -2.11. The van der Waals surface area contributed by atoms with E-state index in [0.717, 1.165) is 6.92 Å². The van der Waals surface area contributed by atoms with Crippen LogP contribution in [0.2, 0.25) is 0 Å². The van der Waals surface area contributed by atoms with Crippen LogP contribution in [0, 0.1) is 0 Å². The Morgan fingerprint density at radius 1 is 1.00 bits per heavy atom. The minimum absolute atomic E-state index is 0.0649. The molecule has 8 heteroatoms. The molecule has 1 atom stereocenters. The standard InChI is InChI=1S/C11H17NO7/c1-7(13)3-4-10(15)17-5-9(12)11(16)19-6-18-8(2)14/h9H,3-6,12H2,1-2H3. The van der Waals surface area contributed by atoms with Crippen molar-refractivity contribution in [3.63, 3.8) is 0 Å². The van der Waals surface area contributed by atoms with Crippen LogP contribution in [0.3, 0.4) is 0 Å². The van der Waals surface area contributed by atoms with Gasteiger partial charge in [0, 0.05) is 13.3 Å². The van der Waals surface area contributed by atoms with Crippen molar-refractivity contribution in [1.82, 2.24) is 0 Å². The first-order valence-corrected chi connectivity index (χ1v) is 5.53. The van der Waals surface area contributed by atoms with Gasteiger partial charge in [0.15, 0.2) is 0 Å². The highest BCUT2D eigenvalue weighted by molar-refractivity contribution is 5.81. The summed E-state index contributed by atoms with van der Waals surface area (Å²) in [5.74, 6) is -2.22. The maximum absolute atomic E-state index is 11.2. The molecule has 0 aromatic heterocycles. The van der Waals surface area contributed by atoms with E-state index in [1.807, 2.05) is 0 Å². The first kappa shape index (κ1) is 17.0. The number of nitrogens with two attached hydrogens (primary N) is 1. The number of ether oxygens (including phenoxy) is 3. The quantitative estimate of drug-likeness (QED) is 0.455. The van der Waals surface area contributed by atoms with E-state index in [1.165, 1.54) is 6.92 Å². The third-order valence-corrected chi connectivity index (χ3v) is 1.87. The fraction of sp³-hybridized carbons (Fsp3) is 0.636. The van der Waals surface area contributed by atoms with E-state index < -0.39 is 30.7 Å². The highest BCUT2D eigenvalue weighted by Crippen LogP contribution is 1.96. The zero-order valence-corrected chi connectivity index (χ0v) is 10.8. The molecule has 0 fully saturated rings. The van der Waals surface area contributed by atoms with Gasteiger partial charge in [-0.1, -0.05) is 0 Å². The van der Waals surface area contributed by atoms with E-state index in [0.29, 0.717) is 0 Å². The molecule has 0 saturated heterocycles. The van der Waals surface area contributed by atoms with Gasteiger partial charge in [0.25, 0.3) is 0 Å². The lowest BCUT2D eigenvalue weighted by molar-refractivity contribution is -0.167. The van der Waals surface area contributed by atoms with Crippen LogP contribution in [0.25, 0.3) is 0 Å². The fourth-order valence-corrected chi connectivity index (χ4v) is 0.879. The molecule has 0 radical (unpaired) electrons. The van der Waals surface area contributed by atoms with Crippen LogP contribution in [0.4, 0.5) is 0 Å². The largest absolute Gasteiger partial charge is 0.463 e. The maximum Gasteiger partial charge on any atom is 0.329 e. The monoisotopic (exact) mass is 275 g/mol. The summed E-state index contributed by atoms with van der Waals surface area (Å²) in [5.41, 5.74) is 5.38. The lowest BCUT2D eigenvalue weighted by Crippen LogP contribution is -2.38. The Bertz CT molecular complexity index is 353. The number of Topliss-reactive ketones (excluding diaryl/α,β-unsaturated/α-hetero) is 1. The summed E-state index contributed by atoms with van der Waals surface area (Å²) in [5, 5.41) is 0. The number of esters is 3. The molecule has 8 nitrogen and oxygen atoms in total. The SMILES string of the molecule is CC(=O)CCC(=O)OCC(N)C(=O)OCOC(C)=O. The number of rotatable bonds is 8. The third-order valence-electron chi connectivity index (χ3n) is 1.87. The molecule has 0 aliphatic carbocycles. The van der Waals surface area contributed by atoms with Gasteiger partial charge in [0.1, 0.15) is 18.4 Å². The van der Waals surface area contributed by atoms with E-state index in [2.05, 4.69) is 14.2 Å². The van der Waals surface area contributed by atoms with Gasteiger partial charge in [0.05, 0.1) is 6.42 Å². The van der Waals surface area contributed by atoms with Crippen molar-refractivity contribution in [2.45, 2.75) is 32.7 Å². The number of carbonyl (C=O) groups is 4. The van der Waals surface area contributed by atoms with Gasteiger partial charge in [0.2, 0.25) is 6.79 Å². The van der Waals surface area contributed by atoms with Crippen molar-refractivity contribution in [1.29, 1.82) is 0 Å². The second kappa shape index (κ2) is 9.03. The van der Waals surface area contributed by atoms with E-state index >= 15 is 0 Å². The van der Waals surface area contributed by atoms with Crippen LogP contribution in [-0.2, 0) is 33.4 Å². The Labute approximate surface area is 110 Å². The first-order chi connectivity index (χ1) is 8.82. The summed E-state index contributed by atoms with van der Waals surface area (Å²) >= 11 is 0. The van der Waals surface area contributed by atoms with Gasteiger partial charge in [-0.3, -0.25) is 14.4 Å². The predicted molar refractivity (Wildman–Crippen MR) is 61.6 cm³/mol. The van der Waals surface area contributed by atoms with E-state index in [1.54, 1.807) is 0 Å². The summed E-state index contributed by atoms with van der Waals surface area (Å²) in [7, 11) is 0. The van der Waals surface area contributed by atoms with Crippen LogP contribution in [0.1, 0.15) is 26.7 Å². The van der Waals surface area contributed by atoms with Crippen molar-refractivity contribution in [2.75, 3.05) is 13.4 Å². The lowest BCUT2D eigenvalue weighted by atomic mass is 10.2. The van der Waals surface area contributed by atoms with Crippen molar-refractivity contribution in [3.05, 3.63) is 0 Å². The molecule has 0 bridgehead atoms. The molecule has 1 unspecified atom stereocenters. The Hall–Kier alpha value is -1.96. The fourth-order valence-electron chi connectivity index (χ4n) is 0.879. The van der Waals surface area contributed by atoms with Crippen LogP contribution in [0.5, 0.6) is 0 Å². The molecule has 2 N–H and O–H groups in total. The molecule has 0 aliphatic heterocycles. The van der Waals surface area contributed by atoms with Crippen LogP contribution < -0.4 is 5.73 Å².